The van der Waals surface area contributed by atoms with Crippen molar-refractivity contribution in [1.29, 1.82) is 0 Å². The first-order chi connectivity index (χ1) is 17.9. The Kier molecular flexibility index (Phi) is 11.1. The van der Waals surface area contributed by atoms with Gasteiger partial charge in [-0.3, -0.25) is 4.79 Å². The number of nitrogens with two attached hydrogens (primary N) is 4. The first-order valence-corrected chi connectivity index (χ1v) is 12.5. The van der Waals surface area contributed by atoms with Crippen LogP contribution in [0.5, 0.6) is 0 Å². The van der Waals surface area contributed by atoms with Gasteiger partial charge in [0.05, 0.1) is 18.7 Å². The molecule has 17 heteroatoms. The van der Waals surface area contributed by atoms with Crippen LogP contribution in [-0.4, -0.2) is 153 Å². The van der Waals surface area contributed by atoms with Crippen molar-refractivity contribution in [3.05, 3.63) is 0 Å². The van der Waals surface area contributed by atoms with E-state index in [1.54, 1.807) is 0 Å². The van der Waals surface area contributed by atoms with Crippen LogP contribution in [0, 0.1) is 0 Å². The quantitative estimate of drug-likeness (QED) is 0.119. The van der Waals surface area contributed by atoms with E-state index in [1.807, 2.05) is 0 Å². The standard InChI is InChI=1S/C21H41N5O12/c22-2-1-8(28)19(34)26-7-3-6(24)17(37-20-11(25)15(32)13(30)9(4-23)35-20)18(12(7)29)38-21-16(33)14(31)10(5-27)36-21/h6-18,20-21,27-33H,1-5,22-25H2,(H,26,34)/t6-,7+,8-,9+,10+,11+,12-,13+,14?,15+,16+,17+,18+,20+,21-/m0/s1. The van der Waals surface area contributed by atoms with E-state index in [9.17, 15) is 40.5 Å². The van der Waals surface area contributed by atoms with Gasteiger partial charge in [0.15, 0.2) is 12.6 Å². The molecule has 0 radical (unpaired) electrons. The van der Waals surface area contributed by atoms with Crippen LogP contribution in [0.3, 0.4) is 0 Å². The van der Waals surface area contributed by atoms with E-state index in [1.165, 1.54) is 0 Å². The highest BCUT2D eigenvalue weighted by molar-refractivity contribution is 5.80. The first kappa shape index (κ1) is 31.4. The van der Waals surface area contributed by atoms with Gasteiger partial charge in [0, 0.05) is 12.6 Å². The minimum Gasteiger partial charge on any atom is -0.394 e. The van der Waals surface area contributed by atoms with E-state index < -0.39 is 104 Å². The number of rotatable bonds is 10. The lowest BCUT2D eigenvalue weighted by Crippen LogP contribution is -2.69. The summed E-state index contributed by atoms with van der Waals surface area (Å²) >= 11 is 0. The lowest BCUT2D eigenvalue weighted by Gasteiger charge is -2.48. The minimum absolute atomic E-state index is 0.0255. The fraction of sp³-hybridized carbons (Fsp3) is 0.952. The summed E-state index contributed by atoms with van der Waals surface area (Å²) in [5, 5.41) is 74.0. The minimum atomic E-state index is -1.62. The van der Waals surface area contributed by atoms with Crippen molar-refractivity contribution in [2.75, 3.05) is 19.7 Å². The van der Waals surface area contributed by atoms with E-state index in [2.05, 4.69) is 5.32 Å². The summed E-state index contributed by atoms with van der Waals surface area (Å²) < 4.78 is 22.7. The zero-order valence-corrected chi connectivity index (χ0v) is 20.7. The molecule has 2 saturated heterocycles. The van der Waals surface area contributed by atoms with Gasteiger partial charge in [0.2, 0.25) is 5.91 Å². The van der Waals surface area contributed by atoms with Crippen molar-refractivity contribution in [3.63, 3.8) is 0 Å². The van der Waals surface area contributed by atoms with Crippen LogP contribution in [0.25, 0.3) is 0 Å². The molecule has 0 aromatic rings. The van der Waals surface area contributed by atoms with Crippen molar-refractivity contribution < 1.29 is 59.5 Å². The summed E-state index contributed by atoms with van der Waals surface area (Å²) in [6.07, 6.45) is -16.9. The first-order valence-electron chi connectivity index (χ1n) is 12.5. The molecule has 17 nitrogen and oxygen atoms in total. The number of carbonyl (C=O) groups is 1. The Labute approximate surface area is 218 Å². The summed E-state index contributed by atoms with van der Waals surface area (Å²) in [6.45, 7) is -0.764. The second kappa shape index (κ2) is 13.5. The van der Waals surface area contributed by atoms with Gasteiger partial charge in [0.25, 0.3) is 0 Å². The maximum atomic E-state index is 12.4. The van der Waals surface area contributed by atoms with Crippen LogP contribution in [0.15, 0.2) is 0 Å². The fourth-order valence-corrected chi connectivity index (χ4v) is 4.84. The molecule has 2 aliphatic heterocycles. The molecule has 0 aromatic heterocycles. The second-order valence-corrected chi connectivity index (χ2v) is 9.84. The highest BCUT2D eigenvalue weighted by atomic mass is 16.7. The summed E-state index contributed by atoms with van der Waals surface area (Å²) in [5.74, 6) is -0.807. The van der Waals surface area contributed by atoms with Crippen LogP contribution >= 0.6 is 0 Å². The maximum absolute atomic E-state index is 12.4. The Hall–Kier alpha value is -1.13. The Morgan fingerprint density at radius 1 is 0.895 bits per heavy atom. The van der Waals surface area contributed by atoms with Crippen molar-refractivity contribution in [2.45, 2.75) is 105 Å². The lowest BCUT2D eigenvalue weighted by molar-refractivity contribution is -0.307. The maximum Gasteiger partial charge on any atom is 0.249 e. The molecule has 3 aliphatic rings. The summed E-state index contributed by atoms with van der Waals surface area (Å²) in [4.78, 5) is 12.4. The van der Waals surface area contributed by atoms with E-state index in [-0.39, 0.29) is 25.9 Å². The molecule has 1 amide bonds. The molecular weight excluding hydrogens is 514 g/mol. The predicted molar refractivity (Wildman–Crippen MR) is 125 cm³/mol. The smallest absolute Gasteiger partial charge is 0.249 e. The summed E-state index contributed by atoms with van der Waals surface area (Å²) in [7, 11) is 0. The Morgan fingerprint density at radius 3 is 2.08 bits per heavy atom. The summed E-state index contributed by atoms with van der Waals surface area (Å²) in [6, 6.07) is -3.29. The molecule has 3 rings (SSSR count). The molecule has 1 unspecified atom stereocenters. The summed E-state index contributed by atoms with van der Waals surface area (Å²) in [5.41, 5.74) is 23.3. The van der Waals surface area contributed by atoms with E-state index in [0.717, 1.165) is 0 Å². The monoisotopic (exact) mass is 555 g/mol. The highest BCUT2D eigenvalue weighted by Crippen LogP contribution is 2.32. The number of hydrogen-bond acceptors (Lipinski definition) is 16. The van der Waals surface area contributed by atoms with Crippen molar-refractivity contribution in [1.82, 2.24) is 5.32 Å². The van der Waals surface area contributed by atoms with Crippen LogP contribution in [0.2, 0.25) is 0 Å². The molecular formula is C21H41N5O12. The fourth-order valence-electron chi connectivity index (χ4n) is 4.84. The number of amides is 1. The Balaban J connectivity index is 1.84. The number of carbonyl (C=O) groups excluding carboxylic acids is 1. The number of nitrogens with one attached hydrogen (secondary N) is 1. The topological polar surface area (TPSA) is 312 Å². The Morgan fingerprint density at radius 2 is 1.50 bits per heavy atom. The van der Waals surface area contributed by atoms with Gasteiger partial charge in [-0.05, 0) is 19.4 Å². The molecule has 1 aliphatic carbocycles. The highest BCUT2D eigenvalue weighted by Gasteiger charge is 2.53. The SMILES string of the molecule is NCC[C@H](O)C(=O)N[C@@H]1C[C@H](N)[C@@H](O[C@H]2O[C@H](CN)[C@@H](O)[C@H](O)[C@H]2N)[C@H](O[C@@H]2O[C@H](CO)C(O)[C@H]2O)[C@H]1O. The molecule has 0 spiro atoms. The molecule has 0 aromatic carbocycles. The molecule has 1 saturated carbocycles. The molecule has 16 N–H and O–H groups in total. The number of ether oxygens (including phenoxy) is 4. The van der Waals surface area contributed by atoms with Gasteiger partial charge in [-0.2, -0.15) is 0 Å². The van der Waals surface area contributed by atoms with Gasteiger partial charge in [-0.1, -0.05) is 0 Å². The zero-order valence-electron chi connectivity index (χ0n) is 20.7. The van der Waals surface area contributed by atoms with Gasteiger partial charge in [-0.15, -0.1) is 0 Å². The van der Waals surface area contributed by atoms with Gasteiger partial charge in [-0.25, -0.2) is 0 Å². The lowest BCUT2D eigenvalue weighted by atomic mass is 9.83. The van der Waals surface area contributed by atoms with Crippen LogP contribution in [0.1, 0.15) is 12.8 Å². The molecule has 2 heterocycles. The number of hydrogen-bond donors (Lipinski definition) is 12. The third-order valence-corrected chi connectivity index (χ3v) is 7.15. The van der Waals surface area contributed by atoms with E-state index in [0.29, 0.717) is 0 Å². The third kappa shape index (κ3) is 6.60. The van der Waals surface area contributed by atoms with Crippen molar-refractivity contribution in [2.24, 2.45) is 22.9 Å². The Bertz CT molecular complexity index is 770. The predicted octanol–water partition coefficient (Wildman–Crippen LogP) is -7.79. The zero-order chi connectivity index (χ0) is 28.3. The molecule has 0 bridgehead atoms. The molecule has 222 valence electrons. The van der Waals surface area contributed by atoms with Crippen molar-refractivity contribution >= 4 is 5.91 Å². The van der Waals surface area contributed by atoms with Gasteiger partial charge >= 0.3 is 0 Å². The number of aliphatic hydroxyl groups is 7. The van der Waals surface area contributed by atoms with Gasteiger partial charge < -0.3 is 82.9 Å². The molecule has 3 fully saturated rings. The average Bonchev–Trinajstić information content (AvgIpc) is 3.16. The molecule has 15 atom stereocenters. The van der Waals surface area contributed by atoms with Crippen LogP contribution in [-0.2, 0) is 23.7 Å². The van der Waals surface area contributed by atoms with Gasteiger partial charge in [0.1, 0.15) is 61.0 Å². The molecule has 38 heavy (non-hydrogen) atoms. The van der Waals surface area contributed by atoms with E-state index >= 15 is 0 Å². The van der Waals surface area contributed by atoms with E-state index in [4.69, 9.17) is 41.9 Å². The van der Waals surface area contributed by atoms with Crippen molar-refractivity contribution in [3.8, 4) is 0 Å². The average molecular weight is 556 g/mol. The van der Waals surface area contributed by atoms with Crippen LogP contribution < -0.4 is 28.3 Å². The van der Waals surface area contributed by atoms with Crippen LogP contribution in [0.4, 0.5) is 0 Å². The number of aliphatic hydroxyl groups excluding tert-OH is 7. The largest absolute Gasteiger partial charge is 0.394 e. The normalized spacial score (nSPS) is 46.6. The third-order valence-electron chi connectivity index (χ3n) is 7.15. The second-order valence-electron chi connectivity index (χ2n) is 9.84.